The standard InChI is InChI=1S/C47H47BN3/c1-5-21-43(46-45(6-2)51(40-29-17-10-18-30-40)47(36(4)48-46)41-31-20-19-22-35(41)3)42(32-33-49-38-25-13-8-14-26-38)44(34-37-23-11-7-12-24-37)50-39-27-15-9-16-28-39/h5,7-32,34,45,49-50H,6,33H2,1-4H3/b21-5?,42-32-,44-34+,46-43?. The Bertz CT molecular complexity index is 2040. The number of para-hydroxylation sites is 3. The topological polar surface area (TPSA) is 27.3 Å². The van der Waals surface area contributed by atoms with Gasteiger partial charge in [0, 0.05) is 52.2 Å². The monoisotopic (exact) mass is 664 g/mol. The molecule has 1 aliphatic heterocycles. The number of allylic oxidation sites excluding steroid dienone is 4. The fourth-order valence-corrected chi connectivity index (χ4v) is 6.90. The van der Waals surface area contributed by atoms with Gasteiger partial charge in [0.2, 0.25) is 0 Å². The Morgan fingerprint density at radius 3 is 1.94 bits per heavy atom. The summed E-state index contributed by atoms with van der Waals surface area (Å²) in [6.07, 6.45) is 10.00. The zero-order valence-electron chi connectivity index (χ0n) is 30.2. The summed E-state index contributed by atoms with van der Waals surface area (Å²) in [6, 6.07) is 51.2. The van der Waals surface area contributed by atoms with E-state index in [0.717, 1.165) is 34.6 Å². The lowest BCUT2D eigenvalue weighted by Crippen LogP contribution is -2.42. The number of aryl methyl sites for hydroxylation is 1. The lowest BCUT2D eigenvalue weighted by molar-refractivity contribution is 0.730. The highest BCUT2D eigenvalue weighted by molar-refractivity contribution is 6.57. The lowest BCUT2D eigenvalue weighted by atomic mass is 9.54. The van der Waals surface area contributed by atoms with E-state index in [4.69, 9.17) is 0 Å². The third-order valence-corrected chi connectivity index (χ3v) is 9.25. The Morgan fingerprint density at radius 1 is 0.725 bits per heavy atom. The van der Waals surface area contributed by atoms with Crippen LogP contribution >= 0.6 is 0 Å². The van der Waals surface area contributed by atoms with Crippen molar-refractivity contribution < 1.29 is 0 Å². The molecule has 0 aromatic heterocycles. The second kappa shape index (κ2) is 17.3. The normalized spacial score (nSPS) is 16.2. The molecular formula is C47H47BN3. The molecule has 1 radical (unpaired) electrons. The third-order valence-electron chi connectivity index (χ3n) is 9.25. The number of nitrogens with zero attached hydrogens (tertiary/aromatic N) is 1. The summed E-state index contributed by atoms with van der Waals surface area (Å²) in [5.74, 6) is 0. The number of benzene rings is 5. The van der Waals surface area contributed by atoms with Gasteiger partial charge in [-0.2, -0.15) is 0 Å². The lowest BCUT2D eigenvalue weighted by Gasteiger charge is -2.43. The van der Waals surface area contributed by atoms with Crippen LogP contribution in [-0.2, 0) is 0 Å². The molecule has 6 rings (SSSR count). The number of anilines is 3. The smallest absolute Gasteiger partial charge is 0.186 e. The molecule has 5 aromatic carbocycles. The number of hydrogen-bond donors (Lipinski definition) is 2. The SMILES string of the molecule is CC=CC(=C1[B]C(C)=C(c2ccccc2C)N(c2ccccc2)C1CC)C(=C/CNc1ccccc1)/C(=C\c1ccccc1)Nc1ccccc1. The van der Waals surface area contributed by atoms with Crippen molar-refractivity contribution in [2.24, 2.45) is 0 Å². The van der Waals surface area contributed by atoms with E-state index >= 15 is 0 Å². The molecular weight excluding hydrogens is 617 g/mol. The van der Waals surface area contributed by atoms with Gasteiger partial charge in [0.05, 0.1) is 0 Å². The average Bonchev–Trinajstić information content (AvgIpc) is 3.17. The van der Waals surface area contributed by atoms with Gasteiger partial charge in [0.15, 0.2) is 7.28 Å². The van der Waals surface area contributed by atoms with Gasteiger partial charge in [-0.1, -0.05) is 152 Å². The Morgan fingerprint density at radius 2 is 1.31 bits per heavy atom. The summed E-state index contributed by atoms with van der Waals surface area (Å²) in [7, 11) is 2.44. The van der Waals surface area contributed by atoms with Crippen molar-refractivity contribution in [3.8, 4) is 0 Å². The van der Waals surface area contributed by atoms with Crippen molar-refractivity contribution >= 4 is 36.1 Å². The molecule has 2 N–H and O–H groups in total. The van der Waals surface area contributed by atoms with E-state index < -0.39 is 0 Å². The molecule has 1 atom stereocenters. The number of nitrogens with one attached hydrogen (secondary N) is 2. The third kappa shape index (κ3) is 8.53. The van der Waals surface area contributed by atoms with Crippen LogP contribution < -0.4 is 15.5 Å². The van der Waals surface area contributed by atoms with Crippen LogP contribution in [0.4, 0.5) is 17.1 Å². The molecule has 5 aromatic rings. The summed E-state index contributed by atoms with van der Waals surface area (Å²) in [5, 5.41) is 7.49. The van der Waals surface area contributed by atoms with Crippen LogP contribution in [-0.4, -0.2) is 19.9 Å². The highest BCUT2D eigenvalue weighted by Crippen LogP contribution is 2.42. The molecule has 4 heteroatoms. The zero-order chi connectivity index (χ0) is 35.4. The molecule has 0 saturated carbocycles. The van der Waals surface area contributed by atoms with E-state index in [1.807, 2.05) is 0 Å². The van der Waals surface area contributed by atoms with Crippen LogP contribution in [0.1, 0.15) is 43.9 Å². The fraction of sp³-hybridized carbons (Fsp3) is 0.149. The Hall–Kier alpha value is -5.74. The first-order valence-electron chi connectivity index (χ1n) is 18.0. The van der Waals surface area contributed by atoms with Gasteiger partial charge in [0.25, 0.3) is 0 Å². The van der Waals surface area contributed by atoms with Crippen LogP contribution in [0.3, 0.4) is 0 Å². The van der Waals surface area contributed by atoms with Gasteiger partial charge >= 0.3 is 0 Å². The minimum atomic E-state index is 0.0806. The fourth-order valence-electron chi connectivity index (χ4n) is 6.90. The highest BCUT2D eigenvalue weighted by atomic mass is 15.2. The summed E-state index contributed by atoms with van der Waals surface area (Å²) < 4.78 is 0. The van der Waals surface area contributed by atoms with Crippen LogP contribution in [0.15, 0.2) is 192 Å². The summed E-state index contributed by atoms with van der Waals surface area (Å²) in [4.78, 5) is 2.57. The molecule has 0 aliphatic carbocycles. The molecule has 0 saturated heterocycles. The Kier molecular flexibility index (Phi) is 11.9. The molecule has 51 heavy (non-hydrogen) atoms. The van der Waals surface area contributed by atoms with Crippen LogP contribution in [0.2, 0.25) is 0 Å². The molecule has 0 amide bonds. The van der Waals surface area contributed by atoms with Crippen molar-refractivity contribution in [3.63, 3.8) is 0 Å². The first-order valence-corrected chi connectivity index (χ1v) is 18.0. The quantitative estimate of drug-likeness (QED) is 0.103. The molecule has 0 spiro atoms. The molecule has 253 valence electrons. The number of hydrogen-bond acceptors (Lipinski definition) is 3. The van der Waals surface area contributed by atoms with Crippen LogP contribution in [0, 0.1) is 6.92 Å². The van der Waals surface area contributed by atoms with Crippen LogP contribution in [0.25, 0.3) is 11.8 Å². The maximum atomic E-state index is 3.84. The second-order valence-corrected chi connectivity index (χ2v) is 12.8. The number of rotatable bonds is 12. The zero-order valence-corrected chi connectivity index (χ0v) is 30.2. The molecule has 0 bridgehead atoms. The first kappa shape index (κ1) is 35.1. The van der Waals surface area contributed by atoms with Gasteiger partial charge in [-0.3, -0.25) is 0 Å². The minimum Gasteiger partial charge on any atom is -0.382 e. The molecule has 1 heterocycles. The summed E-state index contributed by atoms with van der Waals surface area (Å²) in [6.45, 7) is 9.55. The molecule has 1 unspecified atom stereocenters. The van der Waals surface area contributed by atoms with Crippen molar-refractivity contribution in [1.82, 2.24) is 0 Å². The van der Waals surface area contributed by atoms with E-state index in [2.05, 4.69) is 220 Å². The van der Waals surface area contributed by atoms with E-state index in [1.54, 1.807) is 0 Å². The van der Waals surface area contributed by atoms with E-state index in [9.17, 15) is 0 Å². The Labute approximate surface area is 305 Å². The van der Waals surface area contributed by atoms with E-state index in [1.165, 1.54) is 39.0 Å². The maximum absolute atomic E-state index is 3.84. The van der Waals surface area contributed by atoms with Gasteiger partial charge in [-0.25, -0.2) is 0 Å². The van der Waals surface area contributed by atoms with Crippen molar-refractivity contribution in [2.75, 3.05) is 22.1 Å². The van der Waals surface area contributed by atoms with Gasteiger partial charge in [0.1, 0.15) is 0 Å². The maximum Gasteiger partial charge on any atom is 0.186 e. The largest absolute Gasteiger partial charge is 0.382 e. The van der Waals surface area contributed by atoms with Crippen LogP contribution in [0.5, 0.6) is 0 Å². The predicted octanol–water partition coefficient (Wildman–Crippen LogP) is 11.7. The first-order chi connectivity index (χ1) is 25.1. The minimum absolute atomic E-state index is 0.0806. The van der Waals surface area contributed by atoms with E-state index in [0.29, 0.717) is 6.54 Å². The molecule has 0 fully saturated rings. The highest BCUT2D eigenvalue weighted by Gasteiger charge is 2.34. The van der Waals surface area contributed by atoms with Crippen molar-refractivity contribution in [2.45, 2.75) is 40.2 Å². The summed E-state index contributed by atoms with van der Waals surface area (Å²) >= 11 is 0. The van der Waals surface area contributed by atoms with Crippen molar-refractivity contribution in [3.05, 3.63) is 208 Å². The van der Waals surface area contributed by atoms with Gasteiger partial charge in [-0.05, 0) is 79.4 Å². The molecule has 3 nitrogen and oxygen atoms in total. The second-order valence-electron chi connectivity index (χ2n) is 12.8. The predicted molar refractivity (Wildman–Crippen MR) is 222 cm³/mol. The van der Waals surface area contributed by atoms with Gasteiger partial charge < -0.3 is 15.5 Å². The molecule has 1 aliphatic rings. The summed E-state index contributed by atoms with van der Waals surface area (Å²) in [5.41, 5.74) is 14.1. The van der Waals surface area contributed by atoms with Gasteiger partial charge in [-0.15, -0.1) is 0 Å². The van der Waals surface area contributed by atoms with Crippen molar-refractivity contribution in [1.29, 1.82) is 0 Å². The average molecular weight is 665 g/mol. The Balaban J connectivity index is 1.60. The van der Waals surface area contributed by atoms with E-state index in [-0.39, 0.29) is 6.04 Å².